The van der Waals surface area contributed by atoms with Crippen molar-refractivity contribution in [1.29, 1.82) is 0 Å². The second-order valence-corrected chi connectivity index (χ2v) is 20.6. The van der Waals surface area contributed by atoms with Gasteiger partial charge < -0.3 is 10.0 Å². The van der Waals surface area contributed by atoms with E-state index in [0.29, 0.717) is 0 Å². The highest BCUT2D eigenvalue weighted by Gasteiger charge is 2.46. The van der Waals surface area contributed by atoms with Crippen molar-refractivity contribution in [2.45, 2.75) is 32.1 Å². The fourth-order valence-electron chi connectivity index (χ4n) is 12.0. The molecule has 0 bridgehead atoms. The minimum Gasteiger partial charge on any atom is -0.405 e. The molecule has 0 saturated heterocycles. The molecular weight excluding hydrogens is 940 g/mol. The Labute approximate surface area is 461 Å². The largest absolute Gasteiger partial charge is 0.414 e. The van der Waals surface area contributed by atoms with Crippen LogP contribution in [0.1, 0.15) is 50.4 Å². The molecule has 14 rings (SSSR count). The van der Waals surface area contributed by atoms with Crippen molar-refractivity contribution in [3.63, 3.8) is 0 Å². The Morgan fingerprint density at radius 1 is 0.397 bits per heavy atom. The van der Waals surface area contributed by atoms with Gasteiger partial charge in [-0.25, -0.2) is 0 Å². The van der Waals surface area contributed by atoms with Gasteiger partial charge in [-0.1, -0.05) is 284 Å². The quantitative estimate of drug-likeness (QED) is 0.153. The van der Waals surface area contributed by atoms with Crippen LogP contribution in [0, 0.1) is 20.8 Å². The number of nitrogens with one attached hydrogen (secondary N) is 1. The third-order valence-electron chi connectivity index (χ3n) is 15.7. The number of aryl methyl sites for hydroxylation is 3. The van der Waals surface area contributed by atoms with Gasteiger partial charge in [0.05, 0.1) is 5.41 Å². The van der Waals surface area contributed by atoms with E-state index in [1.165, 1.54) is 100 Å². The molecule has 0 aromatic heterocycles. The number of para-hydroxylation sites is 2. The van der Waals surface area contributed by atoms with Crippen molar-refractivity contribution in [3.05, 3.63) is 348 Å². The monoisotopic (exact) mass is 1000 g/mol. The first-order chi connectivity index (χ1) is 38.5. The molecule has 0 spiro atoms. The van der Waals surface area contributed by atoms with E-state index >= 15 is 0 Å². The number of fused-ring (bicyclic) bond motifs is 6. The predicted octanol–water partition coefficient (Wildman–Crippen LogP) is 18.5. The van der Waals surface area contributed by atoms with Gasteiger partial charge in [0, 0.05) is 28.5 Å². The average molecular weight is 1000 g/mol. The molecule has 0 fully saturated rings. The second-order valence-electron chi connectivity index (χ2n) is 20.6. The van der Waals surface area contributed by atoms with Crippen LogP contribution >= 0.6 is 0 Å². The van der Waals surface area contributed by atoms with Crippen LogP contribution in [0.5, 0.6) is 0 Å². The maximum absolute atomic E-state index is 3.92. The molecule has 0 radical (unpaired) electrons. The van der Waals surface area contributed by atoms with Crippen LogP contribution in [-0.4, -0.2) is 6.98 Å². The molecule has 2 aliphatic carbocycles. The summed E-state index contributed by atoms with van der Waals surface area (Å²) in [6, 6.07) is 100. The van der Waals surface area contributed by atoms with E-state index < -0.39 is 0 Å². The van der Waals surface area contributed by atoms with Crippen molar-refractivity contribution in [2.24, 2.45) is 0 Å². The normalized spacial score (nSPS) is 13.2. The molecule has 1 aliphatic heterocycles. The van der Waals surface area contributed by atoms with Crippen molar-refractivity contribution in [3.8, 4) is 44.5 Å². The van der Waals surface area contributed by atoms with Gasteiger partial charge in [-0.2, -0.15) is 0 Å². The molecule has 3 aliphatic rings. The van der Waals surface area contributed by atoms with Crippen LogP contribution in [0.4, 0.5) is 17.1 Å². The van der Waals surface area contributed by atoms with Crippen molar-refractivity contribution >= 4 is 29.5 Å². The summed E-state index contributed by atoms with van der Waals surface area (Å²) in [5.41, 5.74) is 25.5. The molecule has 3 heteroatoms. The maximum Gasteiger partial charge on any atom is 0.414 e. The Hall–Kier alpha value is -9.44. The van der Waals surface area contributed by atoms with Crippen LogP contribution in [0.15, 0.2) is 303 Å². The van der Waals surface area contributed by atoms with E-state index in [-0.39, 0.29) is 18.3 Å². The molecule has 78 heavy (non-hydrogen) atoms. The Morgan fingerprint density at radius 3 is 1.58 bits per heavy atom. The summed E-state index contributed by atoms with van der Waals surface area (Å²) in [6.07, 6.45) is 8.89. The maximum atomic E-state index is 3.92. The van der Waals surface area contributed by atoms with E-state index in [1.807, 2.05) is 6.07 Å². The third-order valence-corrected chi connectivity index (χ3v) is 15.7. The summed E-state index contributed by atoms with van der Waals surface area (Å²) in [4.78, 5) is 2.47. The Balaban J connectivity index is 0.000000133. The lowest BCUT2D eigenvalue weighted by Crippen LogP contribution is -2.56. The molecule has 374 valence electrons. The number of nitrogens with zero attached hydrogens (tertiary/aromatic N) is 1. The zero-order valence-corrected chi connectivity index (χ0v) is 44.5. The number of hydrogen-bond donors (Lipinski definition) is 1. The first kappa shape index (κ1) is 49.4. The lowest BCUT2D eigenvalue weighted by molar-refractivity contribution is 0.768. The van der Waals surface area contributed by atoms with Crippen LogP contribution in [0.2, 0.25) is 0 Å². The molecule has 0 unspecified atom stereocenters. The number of benzene rings is 11. The van der Waals surface area contributed by atoms with E-state index in [9.17, 15) is 0 Å². The number of allylic oxidation sites excluding steroid dienone is 4. The highest BCUT2D eigenvalue weighted by molar-refractivity contribution is 6.83. The van der Waals surface area contributed by atoms with Gasteiger partial charge in [0.15, 0.2) is 0 Å². The topological polar surface area (TPSA) is 15.3 Å². The predicted molar refractivity (Wildman–Crippen MR) is 332 cm³/mol. The van der Waals surface area contributed by atoms with Crippen molar-refractivity contribution < 1.29 is 0 Å². The zero-order valence-electron chi connectivity index (χ0n) is 44.5. The molecule has 0 saturated carbocycles. The first-order valence-electron chi connectivity index (χ1n) is 27.2. The van der Waals surface area contributed by atoms with E-state index in [2.05, 4.69) is 328 Å². The third kappa shape index (κ3) is 9.50. The average Bonchev–Trinajstić information content (AvgIpc) is 4.31. The van der Waals surface area contributed by atoms with Gasteiger partial charge in [0.1, 0.15) is 0 Å². The zero-order chi connectivity index (χ0) is 52.8. The summed E-state index contributed by atoms with van der Waals surface area (Å²) < 4.78 is 0. The van der Waals surface area contributed by atoms with Gasteiger partial charge in [-0.3, -0.25) is 0 Å². The fraction of sp³-hybridized carbons (Fsp3) is 0.0667. The SMILES string of the molecule is Cc1ccc(-c2ccc(N3B(Nc4ccccc4)c4c(cccc4C4C=CC=C4)-c4ccccc43)cc2)cc1.Cc1cccc(-c2ccccc2)c1.Cc1cccc2c1-c1ccccc1C2(c1ccccc1)c1ccccc1. The van der Waals surface area contributed by atoms with Crippen LogP contribution in [-0.2, 0) is 5.41 Å². The minimum absolute atomic E-state index is 0.0823. The van der Waals surface area contributed by atoms with E-state index in [1.54, 1.807) is 0 Å². The number of hydrogen-bond acceptors (Lipinski definition) is 2. The van der Waals surface area contributed by atoms with Crippen LogP contribution in [0.25, 0.3) is 44.5 Å². The smallest absolute Gasteiger partial charge is 0.405 e. The second kappa shape index (κ2) is 22.0. The molecule has 11 aromatic carbocycles. The van der Waals surface area contributed by atoms with Crippen molar-refractivity contribution in [2.75, 3.05) is 10.0 Å². The van der Waals surface area contributed by atoms with Crippen LogP contribution < -0.4 is 15.5 Å². The van der Waals surface area contributed by atoms with Gasteiger partial charge in [-0.05, 0) is 129 Å². The lowest BCUT2D eigenvalue weighted by Gasteiger charge is -2.40. The Bertz CT molecular complexity index is 3850. The molecule has 1 heterocycles. The summed E-state index contributed by atoms with van der Waals surface area (Å²) in [5, 5.41) is 3.92. The minimum atomic E-state index is -0.263. The van der Waals surface area contributed by atoms with Gasteiger partial charge in [0.2, 0.25) is 0 Å². The van der Waals surface area contributed by atoms with Crippen molar-refractivity contribution in [1.82, 2.24) is 0 Å². The molecule has 0 atom stereocenters. The standard InChI is InChI=1S/C36H29BN2.C26H20.C13H12/c1-26-18-20-27(21-19-26)28-22-24-31(25-23-28)39-35-17-8-7-14-33(35)34-16-9-15-32(29-10-5-6-11-29)36(34)37(39)38-30-12-3-2-4-13-30;1-19-11-10-18-24-25(19)22-16-8-9-17-23(22)26(24,20-12-4-2-5-13-20)21-14-6-3-7-15-21;1-11-6-5-9-13(10-11)12-7-3-2-4-8-12/h2-25,29,38H,1H3;2-18H,1H3;2-10H,1H3. The highest BCUT2D eigenvalue weighted by atomic mass is 15.2. The summed E-state index contributed by atoms with van der Waals surface area (Å²) in [7, 11) is 0. The van der Waals surface area contributed by atoms with E-state index in [4.69, 9.17) is 0 Å². The van der Waals surface area contributed by atoms with Gasteiger partial charge in [-0.15, -0.1) is 0 Å². The number of rotatable bonds is 8. The molecule has 11 aromatic rings. The summed E-state index contributed by atoms with van der Waals surface area (Å²) >= 11 is 0. The molecule has 1 N–H and O–H groups in total. The lowest BCUT2D eigenvalue weighted by atomic mass is 9.57. The summed E-state index contributed by atoms with van der Waals surface area (Å²) in [5.74, 6) is 0.260. The Kier molecular flexibility index (Phi) is 14.0. The van der Waals surface area contributed by atoms with Gasteiger partial charge >= 0.3 is 6.98 Å². The van der Waals surface area contributed by atoms with E-state index in [0.717, 1.165) is 11.4 Å². The Morgan fingerprint density at radius 2 is 0.910 bits per heavy atom. The highest BCUT2D eigenvalue weighted by Crippen LogP contribution is 2.56. The molecule has 0 amide bonds. The summed E-state index contributed by atoms with van der Waals surface area (Å²) in [6.45, 7) is 6.39. The number of anilines is 3. The van der Waals surface area contributed by atoms with Crippen LogP contribution in [0.3, 0.4) is 0 Å². The first-order valence-corrected chi connectivity index (χ1v) is 27.2. The fourth-order valence-corrected chi connectivity index (χ4v) is 12.0. The van der Waals surface area contributed by atoms with Gasteiger partial charge in [0.25, 0.3) is 0 Å². The molecular formula is C75H61BN2. The molecule has 2 nitrogen and oxygen atoms in total.